The molecule has 1 rings (SSSR count). The second kappa shape index (κ2) is 9.89. The molecule has 1 aromatic carbocycles. The maximum absolute atomic E-state index is 2.28. The van der Waals surface area contributed by atoms with Crippen LogP contribution in [0.5, 0.6) is 0 Å². The van der Waals surface area contributed by atoms with Gasteiger partial charge in [0.2, 0.25) is 0 Å². The lowest BCUT2D eigenvalue weighted by molar-refractivity contribution is 0.575. The fourth-order valence-electron chi connectivity index (χ4n) is 2.42. The normalized spacial score (nSPS) is 10.7. The summed E-state index contributed by atoms with van der Waals surface area (Å²) in [6, 6.07) is 8.99. The highest BCUT2D eigenvalue weighted by Crippen LogP contribution is 2.15. The van der Waals surface area contributed by atoms with Gasteiger partial charge in [0.05, 0.1) is 0 Å². The van der Waals surface area contributed by atoms with Crippen molar-refractivity contribution < 1.29 is 0 Å². The predicted molar refractivity (Wildman–Crippen MR) is 87.1 cm³/mol. The maximum Gasteiger partial charge on any atom is 0.0361 e. The second-order valence-corrected chi connectivity index (χ2v) is 5.79. The first kappa shape index (κ1) is 16.1. The van der Waals surface area contributed by atoms with Gasteiger partial charge < -0.3 is 4.90 Å². The molecular formula is C18H31N. The topological polar surface area (TPSA) is 3.24 Å². The van der Waals surface area contributed by atoms with Gasteiger partial charge in [-0.1, -0.05) is 64.0 Å². The van der Waals surface area contributed by atoms with Crippen molar-refractivity contribution in [3.63, 3.8) is 0 Å². The fourth-order valence-corrected chi connectivity index (χ4v) is 2.42. The average molecular weight is 261 g/mol. The number of aryl methyl sites for hydroxylation is 1. The van der Waals surface area contributed by atoms with E-state index in [1.54, 1.807) is 0 Å². The van der Waals surface area contributed by atoms with Gasteiger partial charge in [0, 0.05) is 19.8 Å². The predicted octanol–water partition coefficient (Wildman–Crippen LogP) is 5.44. The van der Waals surface area contributed by atoms with Crippen LogP contribution in [0.3, 0.4) is 0 Å². The molecule has 0 spiro atoms. The number of unbranched alkanes of at least 4 members (excludes halogenated alkanes) is 7. The minimum Gasteiger partial charge on any atom is -0.378 e. The number of rotatable bonds is 10. The smallest absolute Gasteiger partial charge is 0.0361 e. The zero-order valence-corrected chi connectivity index (χ0v) is 13.1. The third-order valence-electron chi connectivity index (χ3n) is 3.77. The molecule has 0 saturated carbocycles. The number of hydrogen-bond acceptors (Lipinski definition) is 1. The summed E-state index contributed by atoms with van der Waals surface area (Å²) in [5.41, 5.74) is 2.77. The van der Waals surface area contributed by atoms with Gasteiger partial charge in [0.25, 0.3) is 0 Å². The van der Waals surface area contributed by atoms with E-state index in [1.807, 2.05) is 0 Å². The van der Waals surface area contributed by atoms with Crippen LogP contribution in [0.1, 0.15) is 63.9 Å². The van der Waals surface area contributed by atoms with Gasteiger partial charge in [-0.05, 0) is 30.5 Å². The van der Waals surface area contributed by atoms with Crippen LogP contribution in [0, 0.1) is 0 Å². The summed E-state index contributed by atoms with van der Waals surface area (Å²) in [5, 5.41) is 0. The minimum absolute atomic E-state index is 1.24. The van der Waals surface area contributed by atoms with Gasteiger partial charge in [-0.3, -0.25) is 0 Å². The summed E-state index contributed by atoms with van der Waals surface area (Å²) in [4.78, 5) is 2.15. The highest BCUT2D eigenvalue weighted by atomic mass is 15.1. The van der Waals surface area contributed by atoms with Gasteiger partial charge in [-0.25, -0.2) is 0 Å². The van der Waals surface area contributed by atoms with Crippen LogP contribution in [-0.2, 0) is 6.42 Å². The molecule has 1 heteroatoms. The maximum atomic E-state index is 2.28. The summed E-state index contributed by atoms with van der Waals surface area (Å²) < 4.78 is 0. The Morgan fingerprint density at radius 2 is 1.26 bits per heavy atom. The van der Waals surface area contributed by atoms with Crippen molar-refractivity contribution in [2.75, 3.05) is 19.0 Å². The van der Waals surface area contributed by atoms with Gasteiger partial charge in [0.1, 0.15) is 0 Å². The van der Waals surface area contributed by atoms with Crippen LogP contribution in [0.25, 0.3) is 0 Å². The number of anilines is 1. The van der Waals surface area contributed by atoms with Crippen LogP contribution in [-0.4, -0.2) is 14.1 Å². The van der Waals surface area contributed by atoms with Gasteiger partial charge in [-0.15, -0.1) is 0 Å². The lowest BCUT2D eigenvalue weighted by Gasteiger charge is -2.12. The van der Waals surface area contributed by atoms with E-state index in [9.17, 15) is 0 Å². The number of benzene rings is 1. The van der Waals surface area contributed by atoms with E-state index < -0.39 is 0 Å². The van der Waals surface area contributed by atoms with E-state index >= 15 is 0 Å². The summed E-state index contributed by atoms with van der Waals surface area (Å²) >= 11 is 0. The molecule has 0 N–H and O–H groups in total. The number of nitrogens with zero attached hydrogens (tertiary/aromatic N) is 1. The van der Waals surface area contributed by atoms with E-state index in [1.165, 1.54) is 69.0 Å². The van der Waals surface area contributed by atoms with Crippen LogP contribution in [0.15, 0.2) is 24.3 Å². The van der Waals surface area contributed by atoms with Gasteiger partial charge >= 0.3 is 0 Å². The molecule has 0 aliphatic heterocycles. The molecule has 108 valence electrons. The molecule has 1 nitrogen and oxygen atoms in total. The van der Waals surface area contributed by atoms with Gasteiger partial charge in [-0.2, -0.15) is 0 Å². The fraction of sp³-hybridized carbons (Fsp3) is 0.667. The molecular weight excluding hydrogens is 230 g/mol. The van der Waals surface area contributed by atoms with E-state index in [4.69, 9.17) is 0 Å². The molecule has 0 atom stereocenters. The lowest BCUT2D eigenvalue weighted by Crippen LogP contribution is -2.08. The van der Waals surface area contributed by atoms with E-state index in [2.05, 4.69) is 50.2 Å². The second-order valence-electron chi connectivity index (χ2n) is 5.79. The molecule has 0 unspecified atom stereocenters. The van der Waals surface area contributed by atoms with Crippen molar-refractivity contribution in [1.82, 2.24) is 0 Å². The van der Waals surface area contributed by atoms with Crippen molar-refractivity contribution >= 4 is 5.69 Å². The Bertz CT molecular complexity index is 313. The molecule has 0 aliphatic carbocycles. The SMILES string of the molecule is CCCCCCCCCCc1ccc(N(C)C)cc1. The third-order valence-corrected chi connectivity index (χ3v) is 3.77. The van der Waals surface area contributed by atoms with Crippen LogP contribution >= 0.6 is 0 Å². The highest BCUT2D eigenvalue weighted by Gasteiger charge is 1.97. The van der Waals surface area contributed by atoms with Crippen LogP contribution < -0.4 is 4.90 Å². The van der Waals surface area contributed by atoms with Crippen molar-refractivity contribution in [2.24, 2.45) is 0 Å². The first-order valence-electron chi connectivity index (χ1n) is 8.00. The van der Waals surface area contributed by atoms with Crippen molar-refractivity contribution in [2.45, 2.75) is 64.7 Å². The zero-order chi connectivity index (χ0) is 13.9. The van der Waals surface area contributed by atoms with E-state index in [-0.39, 0.29) is 0 Å². The Hall–Kier alpha value is -0.980. The number of hydrogen-bond donors (Lipinski definition) is 0. The van der Waals surface area contributed by atoms with E-state index in [0.29, 0.717) is 0 Å². The molecule has 0 radical (unpaired) electrons. The molecule has 0 heterocycles. The van der Waals surface area contributed by atoms with Crippen molar-refractivity contribution in [3.05, 3.63) is 29.8 Å². The largest absolute Gasteiger partial charge is 0.378 e. The lowest BCUT2D eigenvalue weighted by atomic mass is 10.0. The molecule has 0 saturated heterocycles. The molecule has 19 heavy (non-hydrogen) atoms. The Balaban J connectivity index is 2.06. The van der Waals surface area contributed by atoms with Gasteiger partial charge in [0.15, 0.2) is 0 Å². The Labute approximate surface area is 120 Å². The quantitative estimate of drug-likeness (QED) is 0.507. The summed E-state index contributed by atoms with van der Waals surface area (Å²) in [5.74, 6) is 0. The monoisotopic (exact) mass is 261 g/mol. The van der Waals surface area contributed by atoms with E-state index in [0.717, 1.165) is 0 Å². The standard InChI is InChI=1S/C18H31N/c1-4-5-6-7-8-9-10-11-12-17-13-15-18(16-14-17)19(2)3/h13-16H,4-12H2,1-3H3. The highest BCUT2D eigenvalue weighted by molar-refractivity contribution is 5.45. The molecule has 0 aromatic heterocycles. The van der Waals surface area contributed by atoms with Crippen LogP contribution in [0.4, 0.5) is 5.69 Å². The summed E-state index contributed by atoms with van der Waals surface area (Å²) in [7, 11) is 4.18. The average Bonchev–Trinajstić information content (AvgIpc) is 2.42. The Morgan fingerprint density at radius 1 is 0.737 bits per heavy atom. The molecule has 0 bridgehead atoms. The molecule has 1 aromatic rings. The summed E-state index contributed by atoms with van der Waals surface area (Å²) in [6.45, 7) is 2.28. The van der Waals surface area contributed by atoms with Crippen molar-refractivity contribution in [1.29, 1.82) is 0 Å². The van der Waals surface area contributed by atoms with Crippen LogP contribution in [0.2, 0.25) is 0 Å². The first-order valence-corrected chi connectivity index (χ1v) is 8.00. The van der Waals surface area contributed by atoms with Crippen molar-refractivity contribution in [3.8, 4) is 0 Å². The first-order chi connectivity index (χ1) is 9.24. The molecule has 0 aliphatic rings. The minimum atomic E-state index is 1.24. The zero-order valence-electron chi connectivity index (χ0n) is 13.1. The molecule has 0 amide bonds. The third kappa shape index (κ3) is 7.25. The Kier molecular flexibility index (Phi) is 8.36. The molecule has 0 fully saturated rings. The Morgan fingerprint density at radius 3 is 1.79 bits per heavy atom. The summed E-state index contributed by atoms with van der Waals surface area (Å²) in [6.07, 6.45) is 12.5.